The lowest BCUT2D eigenvalue weighted by atomic mass is 10.3. The van der Waals surface area contributed by atoms with E-state index in [2.05, 4.69) is 17.1 Å². The van der Waals surface area contributed by atoms with Gasteiger partial charge in [-0.1, -0.05) is 6.92 Å². The minimum absolute atomic E-state index is 0.182. The summed E-state index contributed by atoms with van der Waals surface area (Å²) >= 11 is 0. The Hall–Kier alpha value is -1.09. The molecule has 0 aromatic heterocycles. The molecule has 1 aliphatic rings. The fraction of sp³-hybridized carbons (Fsp3) is 0.538. The van der Waals surface area contributed by atoms with E-state index in [1.807, 2.05) is 0 Å². The molecule has 1 aliphatic carbocycles. The van der Waals surface area contributed by atoms with Crippen LogP contribution in [0.2, 0.25) is 0 Å². The van der Waals surface area contributed by atoms with Crippen molar-refractivity contribution >= 4 is 5.69 Å². The molecular weight excluding hydrogens is 203 g/mol. The van der Waals surface area contributed by atoms with E-state index in [1.165, 1.54) is 25.0 Å². The van der Waals surface area contributed by atoms with Gasteiger partial charge in [-0.05, 0) is 43.7 Å². The summed E-state index contributed by atoms with van der Waals surface area (Å²) in [5.41, 5.74) is 0.994. The Balaban J connectivity index is 1.72. The molecule has 0 bridgehead atoms. The fourth-order valence-corrected chi connectivity index (χ4v) is 1.95. The third-order valence-corrected chi connectivity index (χ3v) is 3.04. The lowest BCUT2D eigenvalue weighted by Crippen LogP contribution is -2.30. The smallest absolute Gasteiger partial charge is 0.123 e. The van der Waals surface area contributed by atoms with Gasteiger partial charge in [0.05, 0.1) is 0 Å². The average molecular weight is 222 g/mol. The van der Waals surface area contributed by atoms with Crippen LogP contribution < -0.4 is 5.32 Å². The average Bonchev–Trinajstić information content (AvgIpc) is 3.11. The lowest BCUT2D eigenvalue weighted by Gasteiger charge is -2.20. The Morgan fingerprint density at radius 1 is 1.31 bits per heavy atom. The number of hydrogen-bond donors (Lipinski definition) is 1. The highest BCUT2D eigenvalue weighted by atomic mass is 19.1. The number of nitrogens with zero attached hydrogens (tertiary/aromatic N) is 1. The van der Waals surface area contributed by atoms with Gasteiger partial charge in [0.1, 0.15) is 5.82 Å². The first-order valence-corrected chi connectivity index (χ1v) is 6.03. The van der Waals surface area contributed by atoms with Gasteiger partial charge in [0, 0.05) is 24.8 Å². The number of halogens is 1. The highest BCUT2D eigenvalue weighted by molar-refractivity contribution is 5.42. The Bertz CT molecular complexity index is 319. The van der Waals surface area contributed by atoms with E-state index in [4.69, 9.17) is 0 Å². The molecule has 1 N–H and O–H groups in total. The molecule has 2 rings (SSSR count). The largest absolute Gasteiger partial charge is 0.384 e. The van der Waals surface area contributed by atoms with Crippen molar-refractivity contribution in [2.24, 2.45) is 0 Å². The zero-order chi connectivity index (χ0) is 11.4. The summed E-state index contributed by atoms with van der Waals surface area (Å²) in [4.78, 5) is 2.50. The van der Waals surface area contributed by atoms with Gasteiger partial charge in [0.2, 0.25) is 0 Å². The van der Waals surface area contributed by atoms with Crippen LogP contribution in [0.25, 0.3) is 0 Å². The fourth-order valence-electron chi connectivity index (χ4n) is 1.95. The second-order valence-corrected chi connectivity index (χ2v) is 4.29. The third-order valence-electron chi connectivity index (χ3n) is 3.04. The van der Waals surface area contributed by atoms with Crippen molar-refractivity contribution in [1.29, 1.82) is 0 Å². The molecule has 0 spiro atoms. The van der Waals surface area contributed by atoms with Crippen LogP contribution in [0, 0.1) is 5.82 Å². The normalized spacial score (nSPS) is 15.4. The maximum Gasteiger partial charge on any atom is 0.123 e. The summed E-state index contributed by atoms with van der Waals surface area (Å²) in [6, 6.07) is 7.35. The summed E-state index contributed by atoms with van der Waals surface area (Å²) in [6.07, 6.45) is 2.70. The highest BCUT2D eigenvalue weighted by Crippen LogP contribution is 2.25. The quantitative estimate of drug-likeness (QED) is 0.796. The van der Waals surface area contributed by atoms with Crippen molar-refractivity contribution in [2.75, 3.05) is 25.0 Å². The van der Waals surface area contributed by atoms with Gasteiger partial charge in [0.15, 0.2) is 0 Å². The van der Waals surface area contributed by atoms with E-state index >= 15 is 0 Å². The van der Waals surface area contributed by atoms with Gasteiger partial charge < -0.3 is 5.32 Å². The first-order valence-electron chi connectivity index (χ1n) is 6.03. The molecule has 0 atom stereocenters. The molecule has 1 fully saturated rings. The lowest BCUT2D eigenvalue weighted by molar-refractivity contribution is 0.289. The van der Waals surface area contributed by atoms with Gasteiger partial charge in [-0.15, -0.1) is 0 Å². The molecule has 16 heavy (non-hydrogen) atoms. The number of likely N-dealkylation sites (N-methyl/N-ethyl adjacent to an activating group) is 1. The molecule has 0 saturated heterocycles. The van der Waals surface area contributed by atoms with E-state index in [0.717, 1.165) is 31.4 Å². The predicted molar refractivity (Wildman–Crippen MR) is 65.2 cm³/mol. The van der Waals surface area contributed by atoms with Crippen molar-refractivity contribution in [2.45, 2.75) is 25.8 Å². The Labute approximate surface area is 96.5 Å². The first kappa shape index (κ1) is 11.4. The number of nitrogens with one attached hydrogen (secondary N) is 1. The standard InChI is InChI=1S/C13H19FN2/c1-2-16(13-7-8-13)10-9-15-12-5-3-11(14)4-6-12/h3-6,13,15H,2,7-10H2,1H3. The first-order chi connectivity index (χ1) is 7.79. The number of rotatable bonds is 6. The third kappa shape index (κ3) is 3.20. The zero-order valence-electron chi connectivity index (χ0n) is 9.75. The summed E-state index contributed by atoms with van der Waals surface area (Å²) in [5, 5.41) is 3.31. The summed E-state index contributed by atoms with van der Waals surface area (Å²) in [6.45, 7) is 5.32. The minimum atomic E-state index is -0.182. The van der Waals surface area contributed by atoms with Gasteiger partial charge in [0.25, 0.3) is 0 Å². The minimum Gasteiger partial charge on any atom is -0.384 e. The van der Waals surface area contributed by atoms with E-state index in [9.17, 15) is 4.39 Å². The molecule has 0 unspecified atom stereocenters. The molecule has 0 aliphatic heterocycles. The van der Waals surface area contributed by atoms with Crippen LogP contribution in [0.3, 0.4) is 0 Å². The molecule has 1 aromatic carbocycles. The zero-order valence-corrected chi connectivity index (χ0v) is 9.75. The van der Waals surface area contributed by atoms with Crippen molar-refractivity contribution < 1.29 is 4.39 Å². The van der Waals surface area contributed by atoms with Crippen molar-refractivity contribution in [1.82, 2.24) is 4.90 Å². The summed E-state index contributed by atoms with van der Waals surface area (Å²) in [5.74, 6) is -0.182. The van der Waals surface area contributed by atoms with E-state index in [1.54, 1.807) is 12.1 Å². The van der Waals surface area contributed by atoms with Gasteiger partial charge in [-0.2, -0.15) is 0 Å². The molecule has 0 heterocycles. The van der Waals surface area contributed by atoms with Gasteiger partial charge in [-0.3, -0.25) is 4.90 Å². The molecule has 88 valence electrons. The van der Waals surface area contributed by atoms with Crippen LogP contribution in [0.15, 0.2) is 24.3 Å². The Morgan fingerprint density at radius 3 is 2.56 bits per heavy atom. The van der Waals surface area contributed by atoms with Gasteiger partial charge in [-0.25, -0.2) is 4.39 Å². The summed E-state index contributed by atoms with van der Waals surface area (Å²) < 4.78 is 12.7. The monoisotopic (exact) mass is 222 g/mol. The number of benzene rings is 1. The van der Waals surface area contributed by atoms with Crippen molar-refractivity contribution in [3.8, 4) is 0 Å². The van der Waals surface area contributed by atoms with Crippen LogP contribution >= 0.6 is 0 Å². The highest BCUT2D eigenvalue weighted by Gasteiger charge is 2.26. The molecule has 0 radical (unpaired) electrons. The second-order valence-electron chi connectivity index (χ2n) is 4.29. The molecular formula is C13H19FN2. The van der Waals surface area contributed by atoms with Crippen molar-refractivity contribution in [3.05, 3.63) is 30.1 Å². The Morgan fingerprint density at radius 2 is 2.00 bits per heavy atom. The molecule has 3 heteroatoms. The maximum atomic E-state index is 12.7. The number of hydrogen-bond acceptors (Lipinski definition) is 2. The maximum absolute atomic E-state index is 12.7. The summed E-state index contributed by atoms with van der Waals surface area (Å²) in [7, 11) is 0. The molecule has 2 nitrogen and oxygen atoms in total. The van der Waals surface area contributed by atoms with E-state index < -0.39 is 0 Å². The van der Waals surface area contributed by atoms with Crippen LogP contribution in [-0.4, -0.2) is 30.6 Å². The number of anilines is 1. The van der Waals surface area contributed by atoms with Gasteiger partial charge >= 0.3 is 0 Å². The van der Waals surface area contributed by atoms with Crippen LogP contribution in [0.4, 0.5) is 10.1 Å². The molecule has 1 saturated carbocycles. The topological polar surface area (TPSA) is 15.3 Å². The van der Waals surface area contributed by atoms with E-state index in [0.29, 0.717) is 0 Å². The van der Waals surface area contributed by atoms with Crippen LogP contribution in [0.1, 0.15) is 19.8 Å². The van der Waals surface area contributed by atoms with Crippen molar-refractivity contribution in [3.63, 3.8) is 0 Å². The van der Waals surface area contributed by atoms with E-state index in [-0.39, 0.29) is 5.82 Å². The van der Waals surface area contributed by atoms with Crippen LogP contribution in [-0.2, 0) is 0 Å². The molecule has 0 amide bonds. The Kier molecular flexibility index (Phi) is 3.78. The SMILES string of the molecule is CCN(CCNc1ccc(F)cc1)C1CC1. The predicted octanol–water partition coefficient (Wildman–Crippen LogP) is 2.72. The molecule has 1 aromatic rings. The van der Waals surface area contributed by atoms with Crippen LogP contribution in [0.5, 0.6) is 0 Å². The second kappa shape index (κ2) is 5.30.